The van der Waals surface area contributed by atoms with Crippen LogP contribution in [0.25, 0.3) is 0 Å². The van der Waals surface area contributed by atoms with E-state index < -0.39 is 0 Å². The molecule has 2 aliphatic rings. The van der Waals surface area contributed by atoms with E-state index in [1.54, 1.807) is 12.1 Å². The Hall–Kier alpha value is -1.06. The highest BCUT2D eigenvalue weighted by atomic mass is 35.5. The molecule has 0 aliphatic carbocycles. The van der Waals surface area contributed by atoms with Gasteiger partial charge in [-0.25, -0.2) is 0 Å². The van der Waals surface area contributed by atoms with E-state index in [9.17, 15) is 4.79 Å². The van der Waals surface area contributed by atoms with Gasteiger partial charge < -0.3 is 9.64 Å². The van der Waals surface area contributed by atoms with Crippen molar-refractivity contribution in [3.63, 3.8) is 0 Å². The minimum absolute atomic E-state index is 0.0594. The fourth-order valence-corrected chi connectivity index (χ4v) is 3.35. The van der Waals surface area contributed by atoms with Gasteiger partial charge >= 0.3 is 0 Å². The second-order valence-electron chi connectivity index (χ2n) is 5.53. The number of carbonyl (C=O) groups excluding carboxylic acids is 1. The number of nitrogens with zero attached hydrogens (tertiary/aromatic N) is 1. The Morgan fingerprint density at radius 2 is 2.32 bits per heavy atom. The number of likely N-dealkylation sites (tertiary alicyclic amines) is 1. The zero-order valence-electron chi connectivity index (χ0n) is 11.0. The molecule has 2 heterocycles. The van der Waals surface area contributed by atoms with Crippen molar-refractivity contribution in [2.75, 3.05) is 13.1 Å². The van der Waals surface area contributed by atoms with Crippen molar-refractivity contribution >= 4 is 17.5 Å². The molecule has 0 radical (unpaired) electrons. The second kappa shape index (κ2) is 5.14. The predicted octanol–water partition coefficient (Wildman–Crippen LogP) is 2.98. The normalized spacial score (nSPS) is 30.2. The van der Waals surface area contributed by atoms with Gasteiger partial charge in [-0.2, -0.15) is 0 Å². The molecule has 3 rings (SSSR count). The Kier molecular flexibility index (Phi) is 3.50. The molecule has 4 heteroatoms. The Morgan fingerprint density at radius 3 is 3.11 bits per heavy atom. The molecule has 0 spiro atoms. The molecule has 19 heavy (non-hydrogen) atoms. The molecular formula is C15H18ClNO2. The summed E-state index contributed by atoms with van der Waals surface area (Å²) in [7, 11) is 0. The monoisotopic (exact) mass is 279 g/mol. The zero-order valence-corrected chi connectivity index (χ0v) is 11.8. The van der Waals surface area contributed by atoms with E-state index >= 15 is 0 Å². The lowest BCUT2D eigenvalue weighted by Crippen LogP contribution is -2.45. The van der Waals surface area contributed by atoms with Crippen LogP contribution in [0.1, 0.15) is 30.1 Å². The number of piperidine rings is 1. The van der Waals surface area contributed by atoms with Crippen molar-refractivity contribution < 1.29 is 9.53 Å². The first-order chi connectivity index (χ1) is 9.13. The molecule has 2 fully saturated rings. The molecule has 0 aromatic heterocycles. The predicted molar refractivity (Wildman–Crippen MR) is 74.4 cm³/mol. The van der Waals surface area contributed by atoms with Crippen LogP contribution in [-0.4, -0.2) is 36.1 Å². The molecule has 3 nitrogen and oxygen atoms in total. The van der Waals surface area contributed by atoms with Gasteiger partial charge in [0.2, 0.25) is 0 Å². The lowest BCUT2D eigenvalue weighted by molar-refractivity contribution is 0.00157. The highest BCUT2D eigenvalue weighted by Gasteiger charge is 2.38. The van der Waals surface area contributed by atoms with Gasteiger partial charge in [-0.3, -0.25) is 4.79 Å². The number of amides is 1. The van der Waals surface area contributed by atoms with Crippen molar-refractivity contribution in [3.05, 3.63) is 34.9 Å². The highest BCUT2D eigenvalue weighted by molar-refractivity contribution is 6.30. The molecule has 1 aromatic rings. The highest BCUT2D eigenvalue weighted by Crippen LogP contribution is 2.33. The van der Waals surface area contributed by atoms with Crippen LogP contribution in [0.3, 0.4) is 0 Å². The van der Waals surface area contributed by atoms with Gasteiger partial charge in [0.1, 0.15) is 0 Å². The summed E-state index contributed by atoms with van der Waals surface area (Å²) in [5.41, 5.74) is 0.664. The third kappa shape index (κ3) is 2.63. The smallest absolute Gasteiger partial charge is 0.253 e. The van der Waals surface area contributed by atoms with Crippen LogP contribution >= 0.6 is 11.6 Å². The first-order valence-electron chi connectivity index (χ1n) is 6.84. The second-order valence-corrected chi connectivity index (χ2v) is 5.97. The molecule has 2 saturated heterocycles. The van der Waals surface area contributed by atoms with Gasteiger partial charge in [0.25, 0.3) is 5.91 Å². The SMILES string of the molecule is C[C@H]1C[C@@H]2CCN(C(=O)c3cccc(Cl)c3)C[C@H]2O1. The summed E-state index contributed by atoms with van der Waals surface area (Å²) in [5, 5.41) is 0.603. The molecule has 102 valence electrons. The summed E-state index contributed by atoms with van der Waals surface area (Å²) in [6.45, 7) is 3.64. The molecular weight excluding hydrogens is 262 g/mol. The van der Waals surface area contributed by atoms with Gasteiger partial charge in [-0.1, -0.05) is 17.7 Å². The van der Waals surface area contributed by atoms with E-state index in [1.807, 2.05) is 17.0 Å². The van der Waals surface area contributed by atoms with Gasteiger partial charge in [-0.15, -0.1) is 0 Å². The molecule has 3 atom stereocenters. The van der Waals surface area contributed by atoms with Crippen molar-refractivity contribution in [2.45, 2.75) is 32.0 Å². The Labute approximate surface area is 118 Å². The number of carbonyl (C=O) groups is 1. The standard InChI is InChI=1S/C15H18ClNO2/c1-10-7-11-5-6-17(9-14(11)19-10)15(18)12-3-2-4-13(16)8-12/h2-4,8,10-11,14H,5-7,9H2,1H3/t10-,11-,14+/m0/s1. The topological polar surface area (TPSA) is 29.5 Å². The summed E-state index contributed by atoms with van der Waals surface area (Å²) in [5.74, 6) is 0.683. The van der Waals surface area contributed by atoms with Crippen LogP contribution in [0, 0.1) is 5.92 Å². The van der Waals surface area contributed by atoms with Crippen LogP contribution in [0.4, 0.5) is 0 Å². The number of benzene rings is 1. The van der Waals surface area contributed by atoms with Crippen LogP contribution in [-0.2, 0) is 4.74 Å². The first kappa shape index (κ1) is 12.9. The van der Waals surface area contributed by atoms with Crippen LogP contribution < -0.4 is 0 Å². The summed E-state index contributed by atoms with van der Waals surface area (Å²) in [4.78, 5) is 14.3. The Balaban J connectivity index is 1.71. The molecule has 0 saturated carbocycles. The summed E-state index contributed by atoms with van der Waals surface area (Å²) < 4.78 is 5.89. The minimum atomic E-state index is 0.0594. The van der Waals surface area contributed by atoms with E-state index in [-0.39, 0.29) is 12.0 Å². The van der Waals surface area contributed by atoms with Gasteiger partial charge in [0.05, 0.1) is 12.2 Å². The minimum Gasteiger partial charge on any atom is -0.373 e. The van der Waals surface area contributed by atoms with E-state index in [0.717, 1.165) is 19.4 Å². The first-order valence-corrected chi connectivity index (χ1v) is 7.21. The maximum Gasteiger partial charge on any atom is 0.253 e. The average Bonchev–Trinajstić information content (AvgIpc) is 2.76. The summed E-state index contributed by atoms with van der Waals surface area (Å²) >= 11 is 5.94. The van der Waals surface area contributed by atoms with E-state index in [2.05, 4.69) is 6.92 Å². The van der Waals surface area contributed by atoms with Gasteiger partial charge in [0.15, 0.2) is 0 Å². The molecule has 0 N–H and O–H groups in total. The number of hydrogen-bond donors (Lipinski definition) is 0. The fraction of sp³-hybridized carbons (Fsp3) is 0.533. The third-order valence-corrected chi connectivity index (χ3v) is 4.33. The van der Waals surface area contributed by atoms with Crippen LogP contribution in [0.15, 0.2) is 24.3 Å². The Bertz CT molecular complexity index is 491. The number of rotatable bonds is 1. The van der Waals surface area contributed by atoms with Crippen LogP contribution in [0.2, 0.25) is 5.02 Å². The van der Waals surface area contributed by atoms with Crippen molar-refractivity contribution in [1.29, 1.82) is 0 Å². The third-order valence-electron chi connectivity index (χ3n) is 4.10. The lowest BCUT2D eigenvalue weighted by atomic mass is 9.92. The van der Waals surface area contributed by atoms with Crippen molar-refractivity contribution in [2.24, 2.45) is 5.92 Å². The lowest BCUT2D eigenvalue weighted by Gasteiger charge is -2.34. The summed E-state index contributed by atoms with van der Waals surface area (Å²) in [6.07, 6.45) is 2.72. The quantitative estimate of drug-likeness (QED) is 0.791. The maximum absolute atomic E-state index is 12.4. The van der Waals surface area contributed by atoms with E-state index in [0.29, 0.717) is 29.2 Å². The molecule has 1 amide bonds. The van der Waals surface area contributed by atoms with Crippen molar-refractivity contribution in [3.8, 4) is 0 Å². The molecule has 1 aromatic carbocycles. The zero-order chi connectivity index (χ0) is 13.4. The number of hydrogen-bond acceptors (Lipinski definition) is 2. The largest absolute Gasteiger partial charge is 0.373 e. The average molecular weight is 280 g/mol. The summed E-state index contributed by atoms with van der Waals surface area (Å²) in [6, 6.07) is 7.15. The van der Waals surface area contributed by atoms with E-state index in [4.69, 9.17) is 16.3 Å². The van der Waals surface area contributed by atoms with Crippen LogP contribution in [0.5, 0.6) is 0 Å². The maximum atomic E-state index is 12.4. The molecule has 0 unspecified atom stereocenters. The molecule has 2 aliphatic heterocycles. The Morgan fingerprint density at radius 1 is 1.47 bits per heavy atom. The van der Waals surface area contributed by atoms with Gasteiger partial charge in [0, 0.05) is 23.7 Å². The fourth-order valence-electron chi connectivity index (χ4n) is 3.16. The van der Waals surface area contributed by atoms with Gasteiger partial charge in [-0.05, 0) is 43.9 Å². The number of halogens is 1. The molecule has 0 bridgehead atoms. The van der Waals surface area contributed by atoms with E-state index in [1.165, 1.54) is 0 Å². The number of fused-ring (bicyclic) bond motifs is 1. The number of ether oxygens (including phenoxy) is 1. The van der Waals surface area contributed by atoms with Crippen molar-refractivity contribution in [1.82, 2.24) is 4.90 Å².